The minimum atomic E-state index is 0.783. The van der Waals surface area contributed by atoms with E-state index in [1.807, 2.05) is 6.07 Å². The molecule has 0 saturated carbocycles. The van der Waals surface area contributed by atoms with Crippen LogP contribution in [-0.4, -0.2) is 41.0 Å². The molecule has 0 atom stereocenters. The average Bonchev–Trinajstić information content (AvgIpc) is 2.49. The molecule has 0 fully saturated rings. The van der Waals surface area contributed by atoms with Gasteiger partial charge >= 0.3 is 0 Å². The summed E-state index contributed by atoms with van der Waals surface area (Å²) >= 11 is 0. The summed E-state index contributed by atoms with van der Waals surface area (Å²) < 4.78 is 15.5. The van der Waals surface area contributed by atoms with Gasteiger partial charge < -0.3 is 19.5 Å². The van der Waals surface area contributed by atoms with E-state index in [0.717, 1.165) is 37.6 Å². The van der Waals surface area contributed by atoms with Crippen molar-refractivity contribution in [2.45, 2.75) is 25.7 Å². The molecule has 0 aliphatic carbocycles. The average molecular weight is 281 g/mol. The number of methoxy groups -OCH3 is 3. The molecule has 1 N–H and O–H groups in total. The Balaban J connectivity index is 2.18. The van der Waals surface area contributed by atoms with Crippen LogP contribution in [0.3, 0.4) is 0 Å². The molecule has 4 nitrogen and oxygen atoms in total. The van der Waals surface area contributed by atoms with Gasteiger partial charge in [-0.05, 0) is 43.5 Å². The van der Waals surface area contributed by atoms with Crippen LogP contribution >= 0.6 is 0 Å². The van der Waals surface area contributed by atoms with E-state index in [1.54, 1.807) is 21.3 Å². The van der Waals surface area contributed by atoms with Crippen molar-refractivity contribution in [1.29, 1.82) is 0 Å². The number of benzene rings is 1. The topological polar surface area (TPSA) is 39.7 Å². The normalized spacial score (nSPS) is 10.6. The van der Waals surface area contributed by atoms with E-state index >= 15 is 0 Å². The molecule has 1 rings (SSSR count). The van der Waals surface area contributed by atoms with Crippen molar-refractivity contribution in [1.82, 2.24) is 5.32 Å². The van der Waals surface area contributed by atoms with E-state index in [1.165, 1.54) is 24.8 Å². The van der Waals surface area contributed by atoms with Crippen molar-refractivity contribution < 1.29 is 14.2 Å². The Morgan fingerprint density at radius 2 is 1.70 bits per heavy atom. The van der Waals surface area contributed by atoms with Crippen molar-refractivity contribution in [3.05, 3.63) is 23.8 Å². The Morgan fingerprint density at radius 3 is 2.40 bits per heavy atom. The molecule has 1 aromatic carbocycles. The smallest absolute Gasteiger partial charge is 0.160 e. The Hall–Kier alpha value is -1.26. The lowest BCUT2D eigenvalue weighted by Crippen LogP contribution is -2.20. The molecule has 114 valence electrons. The second kappa shape index (κ2) is 10.5. The Kier molecular flexibility index (Phi) is 8.83. The summed E-state index contributed by atoms with van der Waals surface area (Å²) in [6.45, 7) is 2.78. The van der Waals surface area contributed by atoms with Crippen LogP contribution < -0.4 is 14.8 Å². The van der Waals surface area contributed by atoms with Gasteiger partial charge in [-0.1, -0.05) is 12.5 Å². The third-order valence-corrected chi connectivity index (χ3v) is 3.25. The quantitative estimate of drug-likeness (QED) is 0.633. The molecule has 0 radical (unpaired) electrons. The summed E-state index contributed by atoms with van der Waals surface area (Å²) in [6, 6.07) is 6.15. The van der Waals surface area contributed by atoms with Crippen LogP contribution in [0.25, 0.3) is 0 Å². The zero-order valence-electron chi connectivity index (χ0n) is 12.9. The zero-order chi connectivity index (χ0) is 14.6. The first-order chi connectivity index (χ1) is 9.81. The van der Waals surface area contributed by atoms with Crippen molar-refractivity contribution in [3.63, 3.8) is 0 Å². The number of nitrogens with one attached hydrogen (secondary N) is 1. The largest absolute Gasteiger partial charge is 0.493 e. The highest BCUT2D eigenvalue weighted by Crippen LogP contribution is 2.28. The molecule has 20 heavy (non-hydrogen) atoms. The molecule has 0 aliphatic heterocycles. The second-order valence-electron chi connectivity index (χ2n) is 4.74. The van der Waals surface area contributed by atoms with Crippen LogP contribution in [0.1, 0.15) is 24.8 Å². The lowest BCUT2D eigenvalue weighted by Gasteiger charge is -2.09. The van der Waals surface area contributed by atoms with Gasteiger partial charge in [0.1, 0.15) is 0 Å². The minimum absolute atomic E-state index is 0.783. The summed E-state index contributed by atoms with van der Waals surface area (Å²) in [7, 11) is 5.06. The summed E-state index contributed by atoms with van der Waals surface area (Å²) in [6.07, 6.45) is 4.71. The van der Waals surface area contributed by atoms with Gasteiger partial charge in [0.2, 0.25) is 0 Å². The molecular formula is C16H27NO3. The summed E-state index contributed by atoms with van der Waals surface area (Å²) in [5, 5.41) is 3.36. The second-order valence-corrected chi connectivity index (χ2v) is 4.74. The van der Waals surface area contributed by atoms with Gasteiger partial charge in [-0.2, -0.15) is 0 Å². The summed E-state index contributed by atoms with van der Waals surface area (Å²) in [4.78, 5) is 0. The van der Waals surface area contributed by atoms with Crippen LogP contribution in [-0.2, 0) is 11.2 Å². The molecule has 0 amide bonds. The molecule has 0 saturated heterocycles. The Bertz CT molecular complexity index is 369. The van der Waals surface area contributed by atoms with Gasteiger partial charge in [0.15, 0.2) is 11.5 Å². The van der Waals surface area contributed by atoms with Gasteiger partial charge in [0, 0.05) is 13.7 Å². The first-order valence-electron chi connectivity index (χ1n) is 7.22. The predicted octanol–water partition coefficient (Wildman–Crippen LogP) is 2.65. The van der Waals surface area contributed by atoms with Crippen LogP contribution in [0.4, 0.5) is 0 Å². The maximum absolute atomic E-state index is 5.31. The number of unbranched alkanes of at least 4 members (excludes halogenated alkanes) is 2. The number of hydrogen-bond acceptors (Lipinski definition) is 4. The van der Waals surface area contributed by atoms with E-state index < -0.39 is 0 Å². The van der Waals surface area contributed by atoms with Crippen molar-refractivity contribution >= 4 is 0 Å². The molecule has 0 aliphatic rings. The fourth-order valence-electron chi connectivity index (χ4n) is 2.09. The molecule has 0 unspecified atom stereocenters. The molecule has 0 spiro atoms. The number of aryl methyl sites for hydroxylation is 1. The van der Waals surface area contributed by atoms with Gasteiger partial charge in [-0.25, -0.2) is 0 Å². The lowest BCUT2D eigenvalue weighted by atomic mass is 10.1. The van der Waals surface area contributed by atoms with Crippen LogP contribution in [0, 0.1) is 0 Å². The molecule has 0 heterocycles. The van der Waals surface area contributed by atoms with E-state index in [-0.39, 0.29) is 0 Å². The molecule has 4 heteroatoms. The van der Waals surface area contributed by atoms with E-state index in [0.29, 0.717) is 0 Å². The Labute approximate surface area is 122 Å². The predicted molar refractivity (Wildman–Crippen MR) is 81.8 cm³/mol. The van der Waals surface area contributed by atoms with Crippen molar-refractivity contribution in [2.75, 3.05) is 41.0 Å². The van der Waals surface area contributed by atoms with E-state index in [9.17, 15) is 0 Å². The summed E-state index contributed by atoms with van der Waals surface area (Å²) in [5.74, 6) is 1.60. The van der Waals surface area contributed by atoms with Crippen LogP contribution in [0.15, 0.2) is 18.2 Å². The summed E-state index contributed by atoms with van der Waals surface area (Å²) in [5.41, 5.74) is 1.30. The van der Waals surface area contributed by atoms with Crippen molar-refractivity contribution in [3.8, 4) is 11.5 Å². The highest BCUT2D eigenvalue weighted by molar-refractivity contribution is 5.42. The monoisotopic (exact) mass is 281 g/mol. The minimum Gasteiger partial charge on any atom is -0.493 e. The fourth-order valence-corrected chi connectivity index (χ4v) is 2.09. The maximum Gasteiger partial charge on any atom is 0.160 e. The van der Waals surface area contributed by atoms with Crippen molar-refractivity contribution in [2.24, 2.45) is 0 Å². The van der Waals surface area contributed by atoms with Crippen LogP contribution in [0.2, 0.25) is 0 Å². The van der Waals surface area contributed by atoms with Gasteiger partial charge in [0.05, 0.1) is 20.8 Å². The van der Waals surface area contributed by atoms with E-state index in [4.69, 9.17) is 14.2 Å². The SMILES string of the molecule is COCCNCCCCCc1ccc(OC)c(OC)c1. The standard InChI is InChI=1S/C16H27NO3/c1-18-12-11-17-10-6-4-5-7-14-8-9-15(19-2)16(13-14)20-3/h8-9,13,17H,4-7,10-12H2,1-3H3. The van der Waals surface area contributed by atoms with Crippen LogP contribution in [0.5, 0.6) is 11.5 Å². The molecular weight excluding hydrogens is 254 g/mol. The first-order valence-corrected chi connectivity index (χ1v) is 7.22. The van der Waals surface area contributed by atoms with Gasteiger partial charge in [-0.3, -0.25) is 0 Å². The fraction of sp³-hybridized carbons (Fsp3) is 0.625. The molecule has 0 bridgehead atoms. The first kappa shape index (κ1) is 16.8. The Morgan fingerprint density at radius 1 is 0.900 bits per heavy atom. The maximum atomic E-state index is 5.31. The van der Waals surface area contributed by atoms with Gasteiger partial charge in [0.25, 0.3) is 0 Å². The highest BCUT2D eigenvalue weighted by atomic mass is 16.5. The highest BCUT2D eigenvalue weighted by Gasteiger charge is 2.04. The number of hydrogen-bond donors (Lipinski definition) is 1. The third-order valence-electron chi connectivity index (χ3n) is 3.25. The number of rotatable bonds is 11. The number of ether oxygens (including phenoxy) is 3. The molecule has 1 aromatic rings. The van der Waals surface area contributed by atoms with E-state index in [2.05, 4.69) is 17.4 Å². The zero-order valence-corrected chi connectivity index (χ0v) is 12.9. The third kappa shape index (κ3) is 6.26. The van der Waals surface area contributed by atoms with Gasteiger partial charge in [-0.15, -0.1) is 0 Å². The lowest BCUT2D eigenvalue weighted by molar-refractivity contribution is 0.199. The molecule has 0 aromatic heterocycles.